The van der Waals surface area contributed by atoms with Crippen molar-refractivity contribution in [2.45, 2.75) is 52.3 Å². The van der Waals surface area contributed by atoms with Crippen LogP contribution in [0.5, 0.6) is 5.75 Å². The van der Waals surface area contributed by atoms with Crippen LogP contribution in [0.25, 0.3) is 0 Å². The Kier molecular flexibility index (Phi) is 7.31. The van der Waals surface area contributed by atoms with Gasteiger partial charge in [0, 0.05) is 38.2 Å². The highest BCUT2D eigenvalue weighted by atomic mass is 16.5. The number of para-hydroxylation sites is 1. The SMILES string of the molecule is CNc1ccc(C(CC(=O)O)c2ccc(C)c(CN3Cc4ccccc4OC(C)C3)c2)c(C)c1N. The van der Waals surface area contributed by atoms with Crippen molar-refractivity contribution in [2.75, 3.05) is 24.6 Å². The van der Waals surface area contributed by atoms with Crippen LogP contribution in [0, 0.1) is 13.8 Å². The summed E-state index contributed by atoms with van der Waals surface area (Å²) in [6.07, 6.45) is 0.0853. The van der Waals surface area contributed by atoms with Gasteiger partial charge in [0.05, 0.1) is 17.8 Å². The van der Waals surface area contributed by atoms with E-state index in [1.54, 1.807) is 0 Å². The van der Waals surface area contributed by atoms with Crippen LogP contribution in [0.15, 0.2) is 54.6 Å². The zero-order valence-corrected chi connectivity index (χ0v) is 21.0. The molecule has 0 aliphatic carbocycles. The quantitative estimate of drug-likeness (QED) is 0.403. The van der Waals surface area contributed by atoms with Crippen molar-refractivity contribution in [3.8, 4) is 5.75 Å². The number of anilines is 2. The highest BCUT2D eigenvalue weighted by molar-refractivity contribution is 5.74. The normalized spacial score (nSPS) is 16.6. The number of benzene rings is 3. The Balaban J connectivity index is 1.68. The van der Waals surface area contributed by atoms with Crippen molar-refractivity contribution < 1.29 is 14.6 Å². The Morgan fingerprint density at radius 1 is 1.20 bits per heavy atom. The van der Waals surface area contributed by atoms with E-state index in [0.29, 0.717) is 5.69 Å². The van der Waals surface area contributed by atoms with Crippen LogP contribution >= 0.6 is 0 Å². The van der Waals surface area contributed by atoms with Gasteiger partial charge in [-0.2, -0.15) is 0 Å². The standard InChI is InChI=1S/C29H35N3O3/c1-18-9-10-21(25(14-28(33)34)24-11-12-26(31-4)29(30)20(24)3)13-23(18)17-32-15-19(2)35-27-8-6-5-7-22(27)16-32/h5-13,19,25,31H,14-17,30H2,1-4H3,(H,33,34). The molecular formula is C29H35N3O3. The van der Waals surface area contributed by atoms with Crippen LogP contribution in [0.3, 0.4) is 0 Å². The van der Waals surface area contributed by atoms with Crippen molar-refractivity contribution >= 4 is 17.3 Å². The van der Waals surface area contributed by atoms with E-state index < -0.39 is 5.97 Å². The largest absolute Gasteiger partial charge is 0.489 e. The van der Waals surface area contributed by atoms with Gasteiger partial charge in [0.1, 0.15) is 11.9 Å². The van der Waals surface area contributed by atoms with Crippen molar-refractivity contribution in [1.29, 1.82) is 0 Å². The van der Waals surface area contributed by atoms with Crippen molar-refractivity contribution in [3.05, 3.63) is 88.0 Å². The number of carboxylic acid groups (broad SMARTS) is 1. The fraction of sp³-hybridized carbons (Fsp3) is 0.345. The smallest absolute Gasteiger partial charge is 0.304 e. The van der Waals surface area contributed by atoms with E-state index in [1.807, 2.05) is 44.3 Å². The van der Waals surface area contributed by atoms with Gasteiger partial charge in [-0.3, -0.25) is 9.69 Å². The summed E-state index contributed by atoms with van der Waals surface area (Å²) in [4.78, 5) is 14.3. The number of hydrogen-bond donors (Lipinski definition) is 3. The third-order valence-corrected chi connectivity index (χ3v) is 6.96. The first kappa shape index (κ1) is 24.6. The number of aliphatic carboxylic acids is 1. The second-order valence-electron chi connectivity index (χ2n) is 9.53. The van der Waals surface area contributed by atoms with E-state index in [2.05, 4.69) is 48.3 Å². The first-order valence-electron chi connectivity index (χ1n) is 12.1. The number of ether oxygens (including phenoxy) is 1. The summed E-state index contributed by atoms with van der Waals surface area (Å²) in [5.41, 5.74) is 14.3. The maximum atomic E-state index is 11.9. The summed E-state index contributed by atoms with van der Waals surface area (Å²) >= 11 is 0. The summed E-state index contributed by atoms with van der Waals surface area (Å²) in [6.45, 7) is 8.57. The van der Waals surface area contributed by atoms with E-state index in [-0.39, 0.29) is 18.4 Å². The second-order valence-corrected chi connectivity index (χ2v) is 9.53. The molecule has 0 spiro atoms. The van der Waals surface area contributed by atoms with Gasteiger partial charge in [-0.05, 0) is 60.7 Å². The Morgan fingerprint density at radius 3 is 2.71 bits per heavy atom. The summed E-state index contributed by atoms with van der Waals surface area (Å²) in [5.74, 6) is -0.164. The predicted molar refractivity (Wildman–Crippen MR) is 141 cm³/mol. The molecule has 2 unspecified atom stereocenters. The van der Waals surface area contributed by atoms with Gasteiger partial charge in [-0.15, -0.1) is 0 Å². The Labute approximate surface area is 207 Å². The number of carboxylic acids is 1. The molecule has 6 nitrogen and oxygen atoms in total. The number of fused-ring (bicyclic) bond motifs is 1. The first-order chi connectivity index (χ1) is 16.8. The molecule has 1 heterocycles. The highest BCUT2D eigenvalue weighted by Crippen LogP contribution is 2.36. The molecule has 0 bridgehead atoms. The molecule has 0 aromatic heterocycles. The molecule has 6 heteroatoms. The molecule has 0 fully saturated rings. The average molecular weight is 474 g/mol. The van der Waals surface area contributed by atoms with Gasteiger partial charge >= 0.3 is 5.97 Å². The van der Waals surface area contributed by atoms with Gasteiger partial charge in [0.25, 0.3) is 0 Å². The molecule has 0 amide bonds. The van der Waals surface area contributed by atoms with Crippen LogP contribution in [-0.2, 0) is 17.9 Å². The van der Waals surface area contributed by atoms with Gasteiger partial charge in [-0.25, -0.2) is 0 Å². The van der Waals surface area contributed by atoms with Gasteiger partial charge in [0.2, 0.25) is 0 Å². The van der Waals surface area contributed by atoms with E-state index in [1.165, 1.54) is 16.7 Å². The zero-order valence-electron chi connectivity index (χ0n) is 21.0. The molecule has 4 rings (SSSR count). The van der Waals surface area contributed by atoms with Gasteiger partial charge < -0.3 is 20.9 Å². The lowest BCUT2D eigenvalue weighted by Crippen LogP contribution is -2.30. The minimum Gasteiger partial charge on any atom is -0.489 e. The lowest BCUT2D eigenvalue weighted by molar-refractivity contribution is -0.137. The second kappa shape index (κ2) is 10.4. The topological polar surface area (TPSA) is 87.8 Å². The molecule has 0 saturated heterocycles. The summed E-state index contributed by atoms with van der Waals surface area (Å²) < 4.78 is 6.14. The van der Waals surface area contributed by atoms with Crippen LogP contribution in [0.4, 0.5) is 11.4 Å². The Morgan fingerprint density at radius 2 is 1.97 bits per heavy atom. The fourth-order valence-electron chi connectivity index (χ4n) is 5.04. The van der Waals surface area contributed by atoms with Crippen molar-refractivity contribution in [3.63, 3.8) is 0 Å². The van der Waals surface area contributed by atoms with Gasteiger partial charge in [-0.1, -0.05) is 42.5 Å². The number of carbonyl (C=O) groups is 1. The van der Waals surface area contributed by atoms with Crippen LogP contribution in [0.2, 0.25) is 0 Å². The Bertz CT molecular complexity index is 1220. The molecule has 35 heavy (non-hydrogen) atoms. The minimum absolute atomic E-state index is 0.00362. The molecule has 0 saturated carbocycles. The van der Waals surface area contributed by atoms with Crippen molar-refractivity contribution in [1.82, 2.24) is 4.90 Å². The number of nitrogens with two attached hydrogens (primary N) is 1. The van der Waals surface area contributed by atoms with E-state index in [0.717, 1.165) is 47.8 Å². The lowest BCUT2D eigenvalue weighted by Gasteiger charge is -2.25. The first-order valence-corrected chi connectivity index (χ1v) is 12.1. The summed E-state index contributed by atoms with van der Waals surface area (Å²) in [6, 6.07) is 18.5. The molecule has 1 aliphatic rings. The lowest BCUT2D eigenvalue weighted by atomic mass is 9.84. The molecule has 3 aromatic rings. The predicted octanol–water partition coefficient (Wildman–Crippen LogP) is 5.32. The summed E-state index contributed by atoms with van der Waals surface area (Å²) in [7, 11) is 1.83. The average Bonchev–Trinajstić information content (AvgIpc) is 2.98. The Hall–Kier alpha value is -3.51. The van der Waals surface area contributed by atoms with E-state index in [4.69, 9.17) is 10.5 Å². The maximum absolute atomic E-state index is 11.9. The number of nitrogens with one attached hydrogen (secondary N) is 1. The molecular weight excluding hydrogens is 438 g/mol. The van der Waals surface area contributed by atoms with Crippen LogP contribution in [0.1, 0.15) is 52.6 Å². The number of nitrogen functional groups attached to an aromatic ring is 1. The molecule has 4 N–H and O–H groups in total. The van der Waals surface area contributed by atoms with E-state index in [9.17, 15) is 9.90 Å². The monoisotopic (exact) mass is 473 g/mol. The molecule has 0 radical (unpaired) electrons. The number of nitrogens with zero attached hydrogens (tertiary/aromatic N) is 1. The van der Waals surface area contributed by atoms with Crippen LogP contribution in [-0.4, -0.2) is 35.7 Å². The van der Waals surface area contributed by atoms with Crippen molar-refractivity contribution in [2.24, 2.45) is 0 Å². The minimum atomic E-state index is -0.831. The molecule has 184 valence electrons. The molecule has 2 atom stereocenters. The van der Waals surface area contributed by atoms with Gasteiger partial charge in [0.15, 0.2) is 0 Å². The highest BCUT2D eigenvalue weighted by Gasteiger charge is 2.24. The molecule has 1 aliphatic heterocycles. The number of hydrogen-bond acceptors (Lipinski definition) is 5. The maximum Gasteiger partial charge on any atom is 0.304 e. The zero-order chi connectivity index (χ0) is 25.1. The fourth-order valence-corrected chi connectivity index (χ4v) is 5.04. The molecule has 3 aromatic carbocycles. The van der Waals surface area contributed by atoms with E-state index >= 15 is 0 Å². The van der Waals surface area contributed by atoms with Crippen LogP contribution < -0.4 is 15.8 Å². The number of rotatable bonds is 7. The number of aryl methyl sites for hydroxylation is 1. The third kappa shape index (κ3) is 5.43. The third-order valence-electron chi connectivity index (χ3n) is 6.96. The summed E-state index contributed by atoms with van der Waals surface area (Å²) in [5, 5.41) is 12.8.